The molecule has 0 aliphatic heterocycles. The Balaban J connectivity index is 6.15. The minimum absolute atomic E-state index is 0.0620. The number of nitrogens with zero attached hydrogens (tertiary/aromatic N) is 3. The molecule has 5 amide bonds. The van der Waals surface area contributed by atoms with Crippen molar-refractivity contribution < 1.29 is 24.0 Å². The summed E-state index contributed by atoms with van der Waals surface area (Å²) in [7, 11) is 0. The summed E-state index contributed by atoms with van der Waals surface area (Å²) in [5, 5.41) is 20.2. The van der Waals surface area contributed by atoms with Gasteiger partial charge in [-0.3, -0.25) is 24.0 Å². The first-order valence-electron chi connectivity index (χ1n) is 41.5. The predicted octanol–water partition coefficient (Wildman–Crippen LogP) is 18.6. The Kier molecular flexibility index (Phi) is 67.6. The van der Waals surface area contributed by atoms with E-state index in [1.807, 2.05) is 0 Å². The Morgan fingerprint density at radius 3 is 0.568 bits per heavy atom. The molecule has 0 aliphatic carbocycles. The van der Waals surface area contributed by atoms with Gasteiger partial charge in [0.1, 0.15) is 0 Å². The van der Waals surface area contributed by atoms with E-state index in [1.165, 1.54) is 225 Å². The largest absolute Gasteiger partial charge is 0.354 e. The second kappa shape index (κ2) is 69.7. The number of hydrogen-bond donors (Lipinski definition) is 6. The predicted molar refractivity (Wildman–Crippen MR) is 409 cm³/mol. The average Bonchev–Trinajstić information content (AvgIpc) is 3.71. The van der Waals surface area contributed by atoms with E-state index in [0.717, 1.165) is 70.8 Å². The first kappa shape index (κ1) is 92.2. The normalized spacial score (nSPS) is 13.3. The number of carbonyl (C=O) groups excluding carboxylic acids is 5. The monoisotopic (exact) mass is 1340 g/mol. The van der Waals surface area contributed by atoms with Crippen molar-refractivity contribution in [3.63, 3.8) is 0 Å². The maximum atomic E-state index is 13.6. The summed E-state index contributed by atoms with van der Waals surface area (Å²) in [4.78, 5) is 74.5. The minimum Gasteiger partial charge on any atom is -0.354 e. The summed E-state index contributed by atoms with van der Waals surface area (Å²) in [6, 6.07) is 0.654. The Labute approximate surface area is 589 Å². The van der Waals surface area contributed by atoms with Gasteiger partial charge in [0.05, 0.1) is 0 Å². The van der Waals surface area contributed by atoms with Crippen molar-refractivity contribution in [2.75, 3.05) is 72.0 Å². The molecule has 0 rings (SSSR count). The molecule has 0 saturated heterocycles. The van der Waals surface area contributed by atoms with E-state index in [-0.39, 0.29) is 59.7 Å². The topological polar surface area (TPSA) is 167 Å². The van der Waals surface area contributed by atoms with Crippen LogP contribution in [0.5, 0.6) is 0 Å². The van der Waals surface area contributed by atoms with E-state index in [9.17, 15) is 24.0 Å². The number of carbonyl (C=O) groups is 5. The third-order valence-electron chi connectivity index (χ3n) is 19.7. The third kappa shape index (κ3) is 65.6. The van der Waals surface area contributed by atoms with Gasteiger partial charge in [-0.2, -0.15) is 0 Å². The quantitative estimate of drug-likeness (QED) is 0.0325. The molecule has 14 heteroatoms. The fourth-order valence-electron chi connectivity index (χ4n) is 13.2. The zero-order chi connectivity index (χ0) is 69.9. The van der Waals surface area contributed by atoms with Crippen molar-refractivity contribution in [1.29, 1.82) is 0 Å². The van der Waals surface area contributed by atoms with Gasteiger partial charge in [-0.1, -0.05) is 291 Å². The minimum atomic E-state index is 0.0620. The average molecular weight is 1340 g/mol. The number of hydrogen-bond acceptors (Lipinski definition) is 9. The van der Waals surface area contributed by atoms with Gasteiger partial charge in [-0.15, -0.1) is 0 Å². The maximum Gasteiger partial charge on any atom is 0.221 e. The van der Waals surface area contributed by atoms with E-state index in [2.05, 4.69) is 116 Å². The molecule has 6 N–H and O–H groups in total. The molecule has 0 aromatic heterocycles. The van der Waals surface area contributed by atoms with E-state index in [1.54, 1.807) is 0 Å². The smallest absolute Gasteiger partial charge is 0.221 e. The van der Waals surface area contributed by atoms with Crippen LogP contribution in [-0.4, -0.2) is 146 Å². The van der Waals surface area contributed by atoms with Crippen molar-refractivity contribution in [3.8, 4) is 0 Å². The van der Waals surface area contributed by atoms with E-state index < -0.39 is 0 Å². The first-order chi connectivity index (χ1) is 46.1. The fraction of sp³-hybridized carbons (Fsp3) is 0.938. The summed E-state index contributed by atoms with van der Waals surface area (Å²) >= 11 is 0. The molecule has 0 radical (unpaired) electrons. The summed E-state index contributed by atoms with van der Waals surface area (Å²) in [5.41, 5.74) is 0. The molecule has 14 nitrogen and oxygen atoms in total. The van der Waals surface area contributed by atoms with Gasteiger partial charge in [-0.05, 0) is 66.7 Å². The van der Waals surface area contributed by atoms with Gasteiger partial charge in [0.2, 0.25) is 29.5 Å². The molecule has 0 aromatic rings. The van der Waals surface area contributed by atoms with Crippen molar-refractivity contribution in [3.05, 3.63) is 0 Å². The summed E-state index contributed by atoms with van der Waals surface area (Å²) in [5.74, 6) is 0.349. The lowest BCUT2D eigenvalue weighted by molar-refractivity contribution is -0.123. The summed E-state index contributed by atoms with van der Waals surface area (Å²) in [6.07, 6.45) is 57.7. The molecule has 0 heterocycles. The molecule has 0 fully saturated rings. The SMILES string of the molecule is CCCCCCCCCCC(C)NC(=O)CCN(CCNCCN(CCC(=O)NC(C)CCCCCCCCCC)CCN(CCC(=O)NC(C)CCCCCCCCCC)CCC(=O)NC(C)CCCCCCCCCC)CCC(=O)NC(C)CCCCCCCCCC. The van der Waals surface area contributed by atoms with E-state index >= 15 is 0 Å². The van der Waals surface area contributed by atoms with Crippen LogP contribution in [0.25, 0.3) is 0 Å². The second-order valence-corrected chi connectivity index (χ2v) is 29.7. The van der Waals surface area contributed by atoms with Crippen LogP contribution in [0.3, 0.4) is 0 Å². The number of rotatable bonds is 74. The molecular weight excluding hydrogens is 1180 g/mol. The molecule has 562 valence electrons. The Bertz CT molecular complexity index is 1640. The molecule has 0 spiro atoms. The van der Waals surface area contributed by atoms with Gasteiger partial charge in [0, 0.05) is 134 Å². The van der Waals surface area contributed by atoms with Crippen LogP contribution in [0.2, 0.25) is 0 Å². The van der Waals surface area contributed by atoms with Gasteiger partial charge in [0.25, 0.3) is 0 Å². The molecule has 5 unspecified atom stereocenters. The van der Waals surface area contributed by atoms with Crippen LogP contribution < -0.4 is 31.9 Å². The lowest BCUT2D eigenvalue weighted by atomic mass is 10.1. The van der Waals surface area contributed by atoms with Crippen LogP contribution in [0.1, 0.15) is 390 Å². The third-order valence-corrected chi connectivity index (χ3v) is 19.7. The van der Waals surface area contributed by atoms with Crippen LogP contribution in [0.4, 0.5) is 0 Å². The highest BCUT2D eigenvalue weighted by Crippen LogP contribution is 2.16. The lowest BCUT2D eigenvalue weighted by Crippen LogP contribution is -2.44. The standard InChI is InChI=1S/C81H163N9O5/c1-11-16-21-26-31-36-41-46-51-72(6)83-77(91)56-63-88(64-57-78(92)84-73(7)52-47-42-37-32-27-22-17-12-2)68-61-82-62-69-90(67-60-81(95)87-76(10)55-50-45-40-35-30-25-20-15-5)71-70-89(65-58-79(93)85-74(8)53-48-43-38-33-28-23-18-13-3)66-59-80(94)86-75(9)54-49-44-39-34-29-24-19-14-4/h72-76,82H,11-71H2,1-10H3,(H,83,91)(H,84,92)(H,85,93)(H,86,94)(H,87,95). The number of amides is 5. The Hall–Kier alpha value is -2.81. The van der Waals surface area contributed by atoms with Crippen LogP contribution in [-0.2, 0) is 24.0 Å². The van der Waals surface area contributed by atoms with E-state index in [0.29, 0.717) is 97.6 Å². The highest BCUT2D eigenvalue weighted by atomic mass is 16.2. The van der Waals surface area contributed by atoms with E-state index in [4.69, 9.17) is 0 Å². The maximum absolute atomic E-state index is 13.6. The van der Waals surface area contributed by atoms with Gasteiger partial charge in [0.15, 0.2) is 0 Å². The van der Waals surface area contributed by atoms with Gasteiger partial charge >= 0.3 is 0 Å². The van der Waals surface area contributed by atoms with Crippen LogP contribution in [0, 0.1) is 0 Å². The number of nitrogens with one attached hydrogen (secondary N) is 6. The van der Waals surface area contributed by atoms with Crippen LogP contribution in [0.15, 0.2) is 0 Å². The van der Waals surface area contributed by atoms with Crippen molar-refractivity contribution in [2.24, 2.45) is 0 Å². The highest BCUT2D eigenvalue weighted by molar-refractivity contribution is 5.78. The van der Waals surface area contributed by atoms with Crippen molar-refractivity contribution >= 4 is 29.5 Å². The van der Waals surface area contributed by atoms with Crippen molar-refractivity contribution in [1.82, 2.24) is 46.6 Å². The Morgan fingerprint density at radius 1 is 0.221 bits per heavy atom. The molecular formula is C81H163N9O5. The highest BCUT2D eigenvalue weighted by Gasteiger charge is 2.19. The summed E-state index contributed by atoms with van der Waals surface area (Å²) < 4.78 is 0. The molecule has 0 bridgehead atoms. The summed E-state index contributed by atoms with van der Waals surface area (Å²) in [6.45, 7) is 29.1. The first-order valence-corrected chi connectivity index (χ1v) is 41.5. The van der Waals surface area contributed by atoms with Gasteiger partial charge < -0.3 is 46.6 Å². The van der Waals surface area contributed by atoms with Crippen LogP contribution >= 0.6 is 0 Å². The zero-order valence-corrected chi connectivity index (χ0v) is 64.9. The van der Waals surface area contributed by atoms with Gasteiger partial charge in [-0.25, -0.2) is 0 Å². The second-order valence-electron chi connectivity index (χ2n) is 29.7. The zero-order valence-electron chi connectivity index (χ0n) is 64.9. The fourth-order valence-corrected chi connectivity index (χ4v) is 13.2. The molecule has 0 aliphatic rings. The molecule has 0 aromatic carbocycles. The van der Waals surface area contributed by atoms with Crippen molar-refractivity contribution in [2.45, 2.75) is 420 Å². The molecule has 95 heavy (non-hydrogen) atoms. The Morgan fingerprint density at radius 2 is 0.379 bits per heavy atom. The number of unbranched alkanes of at least 4 members (excludes halogenated alkanes) is 35. The lowest BCUT2D eigenvalue weighted by Gasteiger charge is -2.28. The molecule has 5 atom stereocenters. The molecule has 0 saturated carbocycles.